The van der Waals surface area contributed by atoms with E-state index in [1.54, 1.807) is 19.2 Å². The number of carbonyl (C=O) groups excluding carboxylic acids is 1. The number of aromatic nitrogens is 3. The van der Waals surface area contributed by atoms with Crippen LogP contribution >= 0.6 is 27.7 Å². The number of benzene rings is 2. The van der Waals surface area contributed by atoms with Gasteiger partial charge in [-0.3, -0.25) is 9.36 Å². The number of thioether (sulfide) groups is 1. The van der Waals surface area contributed by atoms with Crippen LogP contribution in [0.2, 0.25) is 0 Å². The number of furan rings is 1. The van der Waals surface area contributed by atoms with E-state index in [1.165, 1.54) is 11.8 Å². The Labute approximate surface area is 198 Å². The van der Waals surface area contributed by atoms with E-state index in [-0.39, 0.29) is 5.91 Å². The largest absolute Gasteiger partial charge is 0.495 e. The van der Waals surface area contributed by atoms with Gasteiger partial charge >= 0.3 is 0 Å². The summed E-state index contributed by atoms with van der Waals surface area (Å²) in [5.74, 6) is 1.64. The molecule has 2 aromatic heterocycles. The van der Waals surface area contributed by atoms with Crippen LogP contribution in [0.4, 0.5) is 5.69 Å². The van der Waals surface area contributed by atoms with Crippen LogP contribution < -0.4 is 10.1 Å². The molecule has 1 unspecified atom stereocenters. The molecule has 0 aliphatic heterocycles. The Morgan fingerprint density at radius 2 is 1.88 bits per heavy atom. The number of hydrogen-bond acceptors (Lipinski definition) is 6. The van der Waals surface area contributed by atoms with Crippen molar-refractivity contribution < 1.29 is 13.9 Å². The average Bonchev–Trinajstić information content (AvgIpc) is 3.40. The molecule has 4 rings (SSSR count). The molecule has 32 heavy (non-hydrogen) atoms. The second-order valence-electron chi connectivity index (χ2n) is 6.93. The van der Waals surface area contributed by atoms with Crippen LogP contribution in [-0.2, 0) is 11.3 Å². The Kier molecular flexibility index (Phi) is 6.96. The molecule has 0 bridgehead atoms. The highest BCUT2D eigenvalue weighted by atomic mass is 79.9. The number of amides is 1. The zero-order valence-electron chi connectivity index (χ0n) is 17.5. The van der Waals surface area contributed by atoms with Gasteiger partial charge in [0.05, 0.1) is 24.6 Å². The van der Waals surface area contributed by atoms with Crippen LogP contribution in [0.25, 0.3) is 11.6 Å². The van der Waals surface area contributed by atoms with Crippen molar-refractivity contribution >= 4 is 39.3 Å². The molecule has 7 nitrogen and oxygen atoms in total. The van der Waals surface area contributed by atoms with Crippen molar-refractivity contribution in [2.45, 2.75) is 23.9 Å². The zero-order valence-corrected chi connectivity index (χ0v) is 19.9. The smallest absolute Gasteiger partial charge is 0.237 e. The van der Waals surface area contributed by atoms with Crippen LogP contribution in [0.15, 0.2) is 81.0 Å². The summed E-state index contributed by atoms with van der Waals surface area (Å²) in [6.07, 6.45) is 0. The summed E-state index contributed by atoms with van der Waals surface area (Å²) in [6.45, 7) is 2.38. The molecule has 0 spiro atoms. The highest BCUT2D eigenvalue weighted by Crippen LogP contribution is 2.31. The quantitative estimate of drug-likeness (QED) is 0.315. The molecule has 0 aliphatic rings. The molecule has 0 aliphatic carbocycles. The Bertz CT molecular complexity index is 1210. The number of methoxy groups -OCH3 is 1. The van der Waals surface area contributed by atoms with Gasteiger partial charge in [0.2, 0.25) is 11.7 Å². The van der Waals surface area contributed by atoms with E-state index < -0.39 is 5.25 Å². The number of nitrogens with zero attached hydrogens (tertiary/aromatic N) is 3. The van der Waals surface area contributed by atoms with Gasteiger partial charge in [-0.1, -0.05) is 54.2 Å². The Morgan fingerprint density at radius 3 is 2.59 bits per heavy atom. The molecule has 0 fully saturated rings. The molecule has 1 amide bonds. The van der Waals surface area contributed by atoms with Gasteiger partial charge in [-0.05, 0) is 52.7 Å². The van der Waals surface area contributed by atoms with Gasteiger partial charge in [-0.25, -0.2) is 0 Å². The van der Waals surface area contributed by atoms with Crippen molar-refractivity contribution in [3.63, 3.8) is 0 Å². The van der Waals surface area contributed by atoms with Crippen LogP contribution in [0, 0.1) is 0 Å². The fraction of sp³-hybridized carbons (Fsp3) is 0.174. The highest BCUT2D eigenvalue weighted by Gasteiger charge is 2.23. The number of hydrogen-bond donors (Lipinski definition) is 1. The lowest BCUT2D eigenvalue weighted by Crippen LogP contribution is -2.23. The molecule has 2 aromatic carbocycles. The number of ether oxygens (including phenoxy) is 1. The number of carbonyl (C=O) groups is 1. The number of para-hydroxylation sites is 2. The molecule has 0 saturated heterocycles. The minimum Gasteiger partial charge on any atom is -0.495 e. The molecule has 1 N–H and O–H groups in total. The van der Waals surface area contributed by atoms with Crippen molar-refractivity contribution in [1.82, 2.24) is 14.8 Å². The summed E-state index contributed by atoms with van der Waals surface area (Å²) >= 11 is 4.67. The predicted octanol–water partition coefficient (Wildman–Crippen LogP) is 5.48. The monoisotopic (exact) mass is 512 g/mol. The van der Waals surface area contributed by atoms with Crippen molar-refractivity contribution in [2.24, 2.45) is 0 Å². The second kappa shape index (κ2) is 10.1. The second-order valence-corrected chi connectivity index (χ2v) is 9.02. The predicted molar refractivity (Wildman–Crippen MR) is 128 cm³/mol. The van der Waals surface area contributed by atoms with Crippen molar-refractivity contribution in [2.75, 3.05) is 12.4 Å². The lowest BCUT2D eigenvalue weighted by atomic mass is 10.2. The van der Waals surface area contributed by atoms with Gasteiger partial charge < -0.3 is 14.5 Å². The van der Waals surface area contributed by atoms with Crippen molar-refractivity contribution in [3.05, 3.63) is 77.0 Å². The van der Waals surface area contributed by atoms with E-state index in [0.717, 1.165) is 5.56 Å². The first-order valence-electron chi connectivity index (χ1n) is 9.88. The van der Waals surface area contributed by atoms with Gasteiger partial charge in [0.1, 0.15) is 5.75 Å². The van der Waals surface area contributed by atoms with Crippen LogP contribution in [0.1, 0.15) is 12.5 Å². The molecule has 0 saturated carbocycles. The lowest BCUT2D eigenvalue weighted by molar-refractivity contribution is -0.115. The van der Waals surface area contributed by atoms with Crippen LogP contribution in [0.5, 0.6) is 5.75 Å². The summed E-state index contributed by atoms with van der Waals surface area (Å²) in [5, 5.41) is 11.8. The summed E-state index contributed by atoms with van der Waals surface area (Å²) in [4.78, 5) is 12.9. The first kappa shape index (κ1) is 22.2. The molecule has 2 heterocycles. The average molecular weight is 513 g/mol. The number of rotatable bonds is 8. The van der Waals surface area contributed by atoms with E-state index >= 15 is 0 Å². The van der Waals surface area contributed by atoms with Gasteiger partial charge in [0.25, 0.3) is 0 Å². The maximum absolute atomic E-state index is 12.9. The molecule has 9 heteroatoms. The molecule has 164 valence electrons. The minimum absolute atomic E-state index is 0.156. The number of anilines is 1. The van der Waals surface area contributed by atoms with Crippen LogP contribution in [0.3, 0.4) is 0 Å². The zero-order chi connectivity index (χ0) is 22.5. The van der Waals surface area contributed by atoms with E-state index in [2.05, 4.69) is 31.4 Å². The first-order chi connectivity index (χ1) is 15.5. The van der Waals surface area contributed by atoms with E-state index in [9.17, 15) is 4.79 Å². The molecule has 1 atom stereocenters. The molecule has 4 aromatic rings. The summed E-state index contributed by atoms with van der Waals surface area (Å²) in [7, 11) is 1.57. The normalized spacial score (nSPS) is 11.8. The van der Waals surface area contributed by atoms with Gasteiger partial charge in [0, 0.05) is 0 Å². The van der Waals surface area contributed by atoms with Crippen molar-refractivity contribution in [3.8, 4) is 17.3 Å². The third kappa shape index (κ3) is 5.05. The maximum Gasteiger partial charge on any atom is 0.237 e. The van der Waals surface area contributed by atoms with E-state index in [0.29, 0.717) is 39.4 Å². The molecular weight excluding hydrogens is 492 g/mol. The highest BCUT2D eigenvalue weighted by molar-refractivity contribution is 9.10. The standard InChI is InChI=1S/C23H21BrN4O3S/c1-15(22(29)25-17-10-6-7-11-18(17)30-2)32-23-27-26-21(19-12-13-20(24)31-19)28(23)14-16-8-4-3-5-9-16/h3-13,15H,14H2,1-2H3,(H,25,29). The third-order valence-corrected chi connectivity index (χ3v) is 6.22. The van der Waals surface area contributed by atoms with Gasteiger partial charge in [0.15, 0.2) is 15.6 Å². The maximum atomic E-state index is 12.9. The van der Waals surface area contributed by atoms with Crippen LogP contribution in [-0.4, -0.2) is 33.0 Å². The van der Waals surface area contributed by atoms with Gasteiger partial charge in [-0.15, -0.1) is 10.2 Å². The number of nitrogens with one attached hydrogen (secondary N) is 1. The number of halogens is 1. The first-order valence-corrected chi connectivity index (χ1v) is 11.6. The van der Waals surface area contributed by atoms with E-state index in [1.807, 2.05) is 66.1 Å². The SMILES string of the molecule is COc1ccccc1NC(=O)C(C)Sc1nnc(-c2ccc(Br)o2)n1Cc1ccccc1. The lowest BCUT2D eigenvalue weighted by Gasteiger charge is -2.15. The summed E-state index contributed by atoms with van der Waals surface area (Å²) < 4.78 is 13.6. The summed E-state index contributed by atoms with van der Waals surface area (Å²) in [5.41, 5.74) is 1.71. The molecular formula is C23H21BrN4O3S. The third-order valence-electron chi connectivity index (χ3n) is 4.71. The topological polar surface area (TPSA) is 82.2 Å². The van der Waals surface area contributed by atoms with E-state index in [4.69, 9.17) is 9.15 Å². The fourth-order valence-corrected chi connectivity index (χ4v) is 4.25. The minimum atomic E-state index is -0.421. The summed E-state index contributed by atoms with van der Waals surface area (Å²) in [6, 6.07) is 21.0. The fourth-order valence-electron chi connectivity index (χ4n) is 3.10. The Morgan fingerprint density at radius 1 is 1.12 bits per heavy atom. The molecule has 0 radical (unpaired) electrons. The van der Waals surface area contributed by atoms with Gasteiger partial charge in [-0.2, -0.15) is 0 Å². The Balaban J connectivity index is 1.58. The van der Waals surface area contributed by atoms with Crippen molar-refractivity contribution in [1.29, 1.82) is 0 Å². The Hall–Kier alpha value is -3.04.